The SMILES string of the molecule is COc1ccc(Nc2nnc(CN)o2)cc1OC. The summed E-state index contributed by atoms with van der Waals surface area (Å²) in [5, 5.41) is 10.5. The van der Waals surface area contributed by atoms with Crippen molar-refractivity contribution >= 4 is 11.7 Å². The Labute approximate surface area is 104 Å². The largest absolute Gasteiger partial charge is 0.493 e. The number of ether oxygens (including phenoxy) is 2. The summed E-state index contributed by atoms with van der Waals surface area (Å²) in [4.78, 5) is 0. The Hall–Kier alpha value is -2.28. The number of nitrogens with one attached hydrogen (secondary N) is 1. The van der Waals surface area contributed by atoms with Crippen LogP contribution in [0.25, 0.3) is 0 Å². The van der Waals surface area contributed by atoms with Crippen molar-refractivity contribution < 1.29 is 13.9 Å². The fourth-order valence-corrected chi connectivity index (χ4v) is 1.42. The summed E-state index contributed by atoms with van der Waals surface area (Å²) < 4.78 is 15.6. The van der Waals surface area contributed by atoms with Crippen LogP contribution in [-0.4, -0.2) is 24.4 Å². The van der Waals surface area contributed by atoms with E-state index in [-0.39, 0.29) is 12.6 Å². The van der Waals surface area contributed by atoms with Crippen LogP contribution >= 0.6 is 0 Å². The molecule has 0 atom stereocenters. The number of benzene rings is 1. The third-order valence-corrected chi connectivity index (χ3v) is 2.28. The van der Waals surface area contributed by atoms with E-state index in [1.54, 1.807) is 26.4 Å². The average Bonchev–Trinajstić information content (AvgIpc) is 2.86. The maximum Gasteiger partial charge on any atom is 0.320 e. The van der Waals surface area contributed by atoms with Gasteiger partial charge in [-0.25, -0.2) is 0 Å². The molecule has 0 saturated carbocycles. The van der Waals surface area contributed by atoms with Crippen molar-refractivity contribution in [3.63, 3.8) is 0 Å². The number of methoxy groups -OCH3 is 2. The topological polar surface area (TPSA) is 95.4 Å². The summed E-state index contributed by atoms with van der Waals surface area (Å²) in [5.74, 6) is 1.63. The molecule has 0 aliphatic rings. The molecular weight excluding hydrogens is 236 g/mol. The minimum absolute atomic E-state index is 0.209. The van der Waals surface area contributed by atoms with Gasteiger partial charge in [0, 0.05) is 11.8 Å². The van der Waals surface area contributed by atoms with Crippen molar-refractivity contribution in [1.82, 2.24) is 10.2 Å². The smallest absolute Gasteiger partial charge is 0.320 e. The molecule has 0 fully saturated rings. The summed E-state index contributed by atoms with van der Waals surface area (Å²) in [7, 11) is 3.15. The lowest BCUT2D eigenvalue weighted by Gasteiger charge is -2.09. The van der Waals surface area contributed by atoms with Crippen molar-refractivity contribution in [2.45, 2.75) is 6.54 Å². The molecule has 3 N–H and O–H groups in total. The lowest BCUT2D eigenvalue weighted by atomic mass is 10.3. The lowest BCUT2D eigenvalue weighted by molar-refractivity contribution is 0.355. The molecule has 1 aromatic heterocycles. The van der Waals surface area contributed by atoms with Crippen molar-refractivity contribution in [3.8, 4) is 11.5 Å². The van der Waals surface area contributed by atoms with Gasteiger partial charge in [-0.15, -0.1) is 5.10 Å². The molecule has 0 aliphatic heterocycles. The predicted molar refractivity (Wildman–Crippen MR) is 65.0 cm³/mol. The molecule has 0 amide bonds. The third kappa shape index (κ3) is 2.51. The fraction of sp³-hybridized carbons (Fsp3) is 0.273. The second kappa shape index (κ2) is 5.37. The molecule has 0 spiro atoms. The van der Waals surface area contributed by atoms with Crippen LogP contribution in [0.5, 0.6) is 11.5 Å². The molecule has 0 bridgehead atoms. The summed E-state index contributed by atoms with van der Waals surface area (Å²) in [6.45, 7) is 0.209. The lowest BCUT2D eigenvalue weighted by Crippen LogP contribution is -1.95. The number of anilines is 2. The van der Waals surface area contributed by atoms with Gasteiger partial charge in [0.05, 0.1) is 20.8 Å². The van der Waals surface area contributed by atoms with Crippen LogP contribution < -0.4 is 20.5 Å². The van der Waals surface area contributed by atoms with Crippen LogP contribution in [0.4, 0.5) is 11.7 Å². The average molecular weight is 250 g/mol. The molecule has 0 unspecified atom stereocenters. The minimum Gasteiger partial charge on any atom is -0.493 e. The normalized spacial score (nSPS) is 10.2. The van der Waals surface area contributed by atoms with Gasteiger partial charge in [-0.3, -0.25) is 0 Å². The summed E-state index contributed by atoms with van der Waals surface area (Å²) >= 11 is 0. The van der Waals surface area contributed by atoms with Crippen LogP contribution in [-0.2, 0) is 6.54 Å². The zero-order valence-electron chi connectivity index (χ0n) is 10.1. The van der Waals surface area contributed by atoms with Crippen LogP contribution in [0.3, 0.4) is 0 Å². The fourth-order valence-electron chi connectivity index (χ4n) is 1.42. The summed E-state index contributed by atoms with van der Waals surface area (Å²) in [5.41, 5.74) is 6.13. The van der Waals surface area contributed by atoms with E-state index >= 15 is 0 Å². The van der Waals surface area contributed by atoms with Gasteiger partial charge in [0.25, 0.3) is 0 Å². The first-order valence-electron chi connectivity index (χ1n) is 5.28. The van der Waals surface area contributed by atoms with E-state index in [2.05, 4.69) is 15.5 Å². The van der Waals surface area contributed by atoms with Gasteiger partial charge in [0.2, 0.25) is 5.89 Å². The van der Waals surface area contributed by atoms with E-state index in [0.717, 1.165) is 5.69 Å². The van der Waals surface area contributed by atoms with Crippen molar-refractivity contribution in [2.24, 2.45) is 5.73 Å². The number of aromatic nitrogens is 2. The molecule has 7 nitrogen and oxygen atoms in total. The first kappa shape index (κ1) is 12.2. The maximum atomic E-state index is 5.38. The van der Waals surface area contributed by atoms with Crippen LogP contribution in [0.15, 0.2) is 22.6 Å². The number of hydrogen-bond acceptors (Lipinski definition) is 7. The van der Waals surface area contributed by atoms with Gasteiger partial charge in [-0.05, 0) is 12.1 Å². The van der Waals surface area contributed by atoms with E-state index in [1.165, 1.54) is 0 Å². The quantitative estimate of drug-likeness (QED) is 0.825. The second-order valence-corrected chi connectivity index (χ2v) is 3.40. The molecule has 2 aromatic rings. The first-order chi connectivity index (χ1) is 8.76. The number of nitrogens with zero attached hydrogens (tertiary/aromatic N) is 2. The number of nitrogens with two attached hydrogens (primary N) is 1. The molecule has 96 valence electrons. The Morgan fingerprint density at radius 3 is 2.61 bits per heavy atom. The number of hydrogen-bond donors (Lipinski definition) is 2. The van der Waals surface area contributed by atoms with Crippen molar-refractivity contribution in [1.29, 1.82) is 0 Å². The zero-order valence-corrected chi connectivity index (χ0v) is 10.1. The van der Waals surface area contributed by atoms with Crippen LogP contribution in [0, 0.1) is 0 Å². The van der Waals surface area contributed by atoms with Gasteiger partial charge in [-0.1, -0.05) is 5.10 Å². The summed E-state index contributed by atoms with van der Waals surface area (Å²) in [6.07, 6.45) is 0. The van der Waals surface area contributed by atoms with E-state index in [0.29, 0.717) is 17.4 Å². The zero-order chi connectivity index (χ0) is 13.0. The van der Waals surface area contributed by atoms with Crippen LogP contribution in [0.2, 0.25) is 0 Å². The Kier molecular flexibility index (Phi) is 3.63. The van der Waals surface area contributed by atoms with Gasteiger partial charge >= 0.3 is 6.01 Å². The van der Waals surface area contributed by atoms with Gasteiger partial charge in [0.15, 0.2) is 11.5 Å². The van der Waals surface area contributed by atoms with Crippen molar-refractivity contribution in [2.75, 3.05) is 19.5 Å². The summed E-state index contributed by atoms with van der Waals surface area (Å²) in [6, 6.07) is 5.64. The Balaban J connectivity index is 2.18. The van der Waals surface area contributed by atoms with Gasteiger partial charge in [0.1, 0.15) is 0 Å². The molecular formula is C11H14N4O3. The van der Waals surface area contributed by atoms with Crippen molar-refractivity contribution in [3.05, 3.63) is 24.1 Å². The second-order valence-electron chi connectivity index (χ2n) is 3.40. The molecule has 0 aliphatic carbocycles. The van der Waals surface area contributed by atoms with Gasteiger partial charge in [-0.2, -0.15) is 0 Å². The number of rotatable bonds is 5. The molecule has 2 rings (SSSR count). The highest BCUT2D eigenvalue weighted by Gasteiger charge is 2.08. The highest BCUT2D eigenvalue weighted by molar-refractivity contribution is 5.58. The van der Waals surface area contributed by atoms with E-state index in [1.807, 2.05) is 6.07 Å². The Bertz CT molecular complexity index is 527. The predicted octanol–water partition coefficient (Wildman–Crippen LogP) is 1.29. The molecule has 18 heavy (non-hydrogen) atoms. The molecule has 7 heteroatoms. The molecule has 0 saturated heterocycles. The Morgan fingerprint density at radius 1 is 1.22 bits per heavy atom. The Morgan fingerprint density at radius 2 is 2.00 bits per heavy atom. The highest BCUT2D eigenvalue weighted by atomic mass is 16.5. The minimum atomic E-state index is 0.209. The van der Waals surface area contributed by atoms with E-state index in [4.69, 9.17) is 19.6 Å². The van der Waals surface area contributed by atoms with E-state index < -0.39 is 0 Å². The van der Waals surface area contributed by atoms with Gasteiger partial charge < -0.3 is 24.9 Å². The first-order valence-corrected chi connectivity index (χ1v) is 5.28. The monoisotopic (exact) mass is 250 g/mol. The third-order valence-electron chi connectivity index (χ3n) is 2.28. The molecule has 1 aromatic carbocycles. The standard InChI is InChI=1S/C11H14N4O3/c1-16-8-4-3-7(5-9(8)17-2)13-11-15-14-10(6-12)18-11/h3-5H,6,12H2,1-2H3,(H,13,15). The highest BCUT2D eigenvalue weighted by Crippen LogP contribution is 2.30. The van der Waals surface area contributed by atoms with E-state index in [9.17, 15) is 0 Å². The molecule has 1 heterocycles. The molecule has 0 radical (unpaired) electrons. The maximum absolute atomic E-state index is 5.38. The van der Waals surface area contributed by atoms with Crippen LogP contribution in [0.1, 0.15) is 5.89 Å².